The number of ether oxygens (including phenoxy) is 2. The standard InChI is InChI=1S/C10H8O4/c11-9(7-4-2-1-3-5-7)14-10(12)8-6-13-8/h1-5,8H,6H2. The van der Waals surface area contributed by atoms with E-state index in [1.165, 1.54) is 0 Å². The molecule has 0 bridgehead atoms. The van der Waals surface area contributed by atoms with E-state index in [-0.39, 0.29) is 0 Å². The number of hydrogen-bond acceptors (Lipinski definition) is 4. The molecule has 0 spiro atoms. The van der Waals surface area contributed by atoms with Crippen molar-refractivity contribution in [2.45, 2.75) is 6.10 Å². The van der Waals surface area contributed by atoms with Crippen molar-refractivity contribution in [2.24, 2.45) is 0 Å². The summed E-state index contributed by atoms with van der Waals surface area (Å²) in [6.07, 6.45) is -0.539. The van der Waals surface area contributed by atoms with Crippen LogP contribution in [0.2, 0.25) is 0 Å². The lowest BCUT2D eigenvalue weighted by Crippen LogP contribution is -2.17. The van der Waals surface area contributed by atoms with E-state index in [1.807, 2.05) is 0 Å². The Balaban J connectivity index is 1.98. The summed E-state index contributed by atoms with van der Waals surface area (Å²) in [5.41, 5.74) is 0.363. The van der Waals surface area contributed by atoms with Crippen LogP contribution < -0.4 is 0 Å². The third-order valence-corrected chi connectivity index (χ3v) is 1.80. The van der Waals surface area contributed by atoms with Crippen molar-refractivity contribution in [3.05, 3.63) is 35.9 Å². The molecule has 0 N–H and O–H groups in total. The number of carbonyl (C=O) groups is 2. The molecule has 72 valence electrons. The first kappa shape index (κ1) is 8.90. The van der Waals surface area contributed by atoms with Crippen molar-refractivity contribution in [2.75, 3.05) is 6.61 Å². The fraction of sp³-hybridized carbons (Fsp3) is 0.200. The highest BCUT2D eigenvalue weighted by molar-refractivity contribution is 5.98. The largest absolute Gasteiger partial charge is 0.387 e. The smallest absolute Gasteiger partial charge is 0.345 e. The molecule has 4 nitrogen and oxygen atoms in total. The Morgan fingerprint density at radius 2 is 1.93 bits per heavy atom. The van der Waals surface area contributed by atoms with E-state index >= 15 is 0 Å². The summed E-state index contributed by atoms with van der Waals surface area (Å²) in [5, 5.41) is 0. The second-order valence-corrected chi connectivity index (χ2v) is 2.90. The van der Waals surface area contributed by atoms with Gasteiger partial charge in [0.05, 0.1) is 12.2 Å². The molecule has 1 aliphatic heterocycles. The Bertz CT molecular complexity index is 354. The lowest BCUT2D eigenvalue weighted by atomic mass is 10.2. The first-order chi connectivity index (χ1) is 6.77. The summed E-state index contributed by atoms with van der Waals surface area (Å²) >= 11 is 0. The van der Waals surface area contributed by atoms with Gasteiger partial charge in [-0.25, -0.2) is 9.59 Å². The van der Waals surface area contributed by atoms with Crippen LogP contribution in [0.25, 0.3) is 0 Å². The van der Waals surface area contributed by atoms with Gasteiger partial charge in [0.15, 0.2) is 6.10 Å². The maximum atomic E-state index is 11.3. The number of esters is 2. The first-order valence-corrected chi connectivity index (χ1v) is 4.20. The van der Waals surface area contributed by atoms with Crippen molar-refractivity contribution < 1.29 is 19.1 Å². The van der Waals surface area contributed by atoms with E-state index in [2.05, 4.69) is 9.47 Å². The van der Waals surface area contributed by atoms with Crippen LogP contribution in [0.15, 0.2) is 30.3 Å². The zero-order valence-electron chi connectivity index (χ0n) is 7.30. The number of epoxide rings is 1. The molecule has 2 rings (SSSR count). The quantitative estimate of drug-likeness (QED) is 0.394. The molecule has 14 heavy (non-hydrogen) atoms. The second kappa shape index (κ2) is 3.59. The number of carbonyl (C=O) groups excluding carboxylic acids is 2. The van der Waals surface area contributed by atoms with E-state index in [9.17, 15) is 9.59 Å². The lowest BCUT2D eigenvalue weighted by Gasteiger charge is -1.99. The summed E-state index contributed by atoms with van der Waals surface area (Å²) in [6, 6.07) is 8.36. The van der Waals surface area contributed by atoms with E-state index in [1.54, 1.807) is 30.3 Å². The molecule has 1 atom stereocenters. The minimum absolute atomic E-state index is 0.348. The number of benzene rings is 1. The van der Waals surface area contributed by atoms with Gasteiger partial charge in [-0.2, -0.15) is 0 Å². The predicted octanol–water partition coefficient (Wildman–Crippen LogP) is 0.769. The van der Waals surface area contributed by atoms with Gasteiger partial charge in [-0.1, -0.05) is 18.2 Å². The summed E-state index contributed by atoms with van der Waals surface area (Å²) in [7, 11) is 0. The molecule has 1 unspecified atom stereocenters. The maximum Gasteiger partial charge on any atom is 0.345 e. The van der Waals surface area contributed by atoms with Crippen LogP contribution in [0, 0.1) is 0 Å². The predicted molar refractivity (Wildman–Crippen MR) is 46.6 cm³/mol. The fourth-order valence-electron chi connectivity index (χ4n) is 0.974. The minimum Gasteiger partial charge on any atom is -0.387 e. The van der Waals surface area contributed by atoms with Crippen LogP contribution in [0.1, 0.15) is 10.4 Å². The Morgan fingerprint density at radius 3 is 2.50 bits per heavy atom. The van der Waals surface area contributed by atoms with E-state index in [0.29, 0.717) is 12.2 Å². The van der Waals surface area contributed by atoms with E-state index in [4.69, 9.17) is 0 Å². The van der Waals surface area contributed by atoms with Crippen LogP contribution in [0.3, 0.4) is 0 Å². The molecule has 1 saturated heterocycles. The molecule has 4 heteroatoms. The average molecular weight is 192 g/mol. The SMILES string of the molecule is O=C(OC(=O)C1CO1)c1ccccc1. The molecule has 1 heterocycles. The zero-order chi connectivity index (χ0) is 9.97. The summed E-state index contributed by atoms with van der Waals surface area (Å²) in [4.78, 5) is 22.3. The molecule has 0 aromatic heterocycles. The zero-order valence-corrected chi connectivity index (χ0v) is 7.30. The Hall–Kier alpha value is -1.68. The van der Waals surface area contributed by atoms with Crippen molar-refractivity contribution in [1.82, 2.24) is 0 Å². The first-order valence-electron chi connectivity index (χ1n) is 4.20. The van der Waals surface area contributed by atoms with Gasteiger partial charge in [0.25, 0.3) is 0 Å². The van der Waals surface area contributed by atoms with Crippen LogP contribution in [-0.2, 0) is 14.3 Å². The van der Waals surface area contributed by atoms with Gasteiger partial charge in [0.1, 0.15) is 0 Å². The van der Waals surface area contributed by atoms with Gasteiger partial charge in [-0.05, 0) is 12.1 Å². The van der Waals surface area contributed by atoms with Crippen molar-refractivity contribution in [3.63, 3.8) is 0 Å². The molecule has 0 aliphatic carbocycles. The lowest BCUT2D eigenvalue weighted by molar-refractivity contribution is -0.139. The molecule has 1 fully saturated rings. The van der Waals surface area contributed by atoms with Crippen LogP contribution in [0.5, 0.6) is 0 Å². The van der Waals surface area contributed by atoms with Gasteiger partial charge < -0.3 is 9.47 Å². The van der Waals surface area contributed by atoms with Crippen molar-refractivity contribution in [1.29, 1.82) is 0 Å². The second-order valence-electron chi connectivity index (χ2n) is 2.90. The van der Waals surface area contributed by atoms with Gasteiger partial charge in [0.2, 0.25) is 0 Å². The summed E-state index contributed by atoms with van der Waals surface area (Å²) in [5.74, 6) is -1.25. The molecule has 1 aromatic carbocycles. The Kier molecular flexibility index (Phi) is 2.28. The minimum atomic E-state index is -0.633. The normalized spacial score (nSPS) is 18.7. The van der Waals surface area contributed by atoms with Gasteiger partial charge in [-0.3, -0.25) is 0 Å². The molecule has 1 aliphatic rings. The van der Waals surface area contributed by atoms with Crippen molar-refractivity contribution >= 4 is 11.9 Å². The number of rotatable bonds is 2. The molecule has 0 amide bonds. The molecule has 0 radical (unpaired) electrons. The summed E-state index contributed by atoms with van der Waals surface area (Å²) < 4.78 is 9.24. The van der Waals surface area contributed by atoms with Crippen LogP contribution >= 0.6 is 0 Å². The van der Waals surface area contributed by atoms with Gasteiger partial charge >= 0.3 is 11.9 Å². The van der Waals surface area contributed by atoms with Gasteiger partial charge in [-0.15, -0.1) is 0 Å². The van der Waals surface area contributed by atoms with Crippen molar-refractivity contribution in [3.8, 4) is 0 Å². The molecular weight excluding hydrogens is 184 g/mol. The Labute approximate surface area is 80.4 Å². The molecule has 1 aromatic rings. The highest BCUT2D eigenvalue weighted by Gasteiger charge is 2.34. The maximum absolute atomic E-state index is 11.3. The highest BCUT2D eigenvalue weighted by atomic mass is 16.6. The highest BCUT2D eigenvalue weighted by Crippen LogP contribution is 2.12. The summed E-state index contributed by atoms with van der Waals surface area (Å²) in [6.45, 7) is 0.348. The average Bonchev–Trinajstić information content (AvgIpc) is 3.02. The number of hydrogen-bond donors (Lipinski definition) is 0. The third kappa shape index (κ3) is 1.97. The topological polar surface area (TPSA) is 55.9 Å². The van der Waals surface area contributed by atoms with Gasteiger partial charge in [0, 0.05) is 0 Å². The van der Waals surface area contributed by atoms with Crippen LogP contribution in [0.4, 0.5) is 0 Å². The monoisotopic (exact) mass is 192 g/mol. The molecular formula is C10H8O4. The van der Waals surface area contributed by atoms with E-state index in [0.717, 1.165) is 0 Å². The van der Waals surface area contributed by atoms with E-state index < -0.39 is 18.0 Å². The van der Waals surface area contributed by atoms with Crippen LogP contribution in [-0.4, -0.2) is 24.6 Å². The molecule has 0 saturated carbocycles. The third-order valence-electron chi connectivity index (χ3n) is 1.80. The fourth-order valence-corrected chi connectivity index (χ4v) is 0.974. The Morgan fingerprint density at radius 1 is 1.29 bits per heavy atom.